The van der Waals surface area contributed by atoms with E-state index in [0.717, 1.165) is 25.3 Å². The molecule has 2 N–H and O–H groups in total. The number of nitrogens with zero attached hydrogens (tertiary/aromatic N) is 2. The number of carboxylic acid groups (broad SMARTS) is 1. The van der Waals surface area contributed by atoms with Gasteiger partial charge in [0.15, 0.2) is 5.69 Å². The standard InChI is InChI=1S/C11H14N2O5/c14-5-4-13(7-2-1-3-7)10(15)8-6-9(11(16)17)18-12-8/h6-7,14H,1-5H2,(H,16,17). The number of rotatable bonds is 5. The number of carbonyl (C=O) groups is 2. The molecule has 1 heterocycles. The summed E-state index contributed by atoms with van der Waals surface area (Å²) in [4.78, 5) is 24.3. The first-order valence-electron chi connectivity index (χ1n) is 5.75. The van der Waals surface area contributed by atoms with Gasteiger partial charge in [0, 0.05) is 18.7 Å². The fourth-order valence-corrected chi connectivity index (χ4v) is 1.88. The molecule has 0 radical (unpaired) electrons. The Kier molecular flexibility index (Phi) is 3.61. The number of carboxylic acids is 1. The maximum atomic E-state index is 12.1. The van der Waals surface area contributed by atoms with E-state index < -0.39 is 11.9 Å². The fraction of sp³-hybridized carbons (Fsp3) is 0.545. The van der Waals surface area contributed by atoms with Crippen LogP contribution in [0.1, 0.15) is 40.3 Å². The van der Waals surface area contributed by atoms with Crippen LogP contribution in [0.15, 0.2) is 10.6 Å². The maximum Gasteiger partial charge on any atom is 0.374 e. The first-order valence-corrected chi connectivity index (χ1v) is 5.75. The van der Waals surface area contributed by atoms with Crippen LogP contribution in [0.25, 0.3) is 0 Å². The van der Waals surface area contributed by atoms with Gasteiger partial charge in [0.2, 0.25) is 5.76 Å². The second kappa shape index (κ2) is 5.18. The number of aliphatic hydroxyl groups excluding tert-OH is 1. The first-order chi connectivity index (χ1) is 8.63. The Morgan fingerprint density at radius 1 is 1.50 bits per heavy atom. The summed E-state index contributed by atoms with van der Waals surface area (Å²) < 4.78 is 4.55. The molecule has 1 aliphatic carbocycles. The van der Waals surface area contributed by atoms with Gasteiger partial charge in [0.05, 0.1) is 6.61 Å². The quantitative estimate of drug-likeness (QED) is 0.786. The van der Waals surface area contributed by atoms with Crippen LogP contribution in [0.5, 0.6) is 0 Å². The molecule has 18 heavy (non-hydrogen) atoms. The molecule has 1 amide bonds. The van der Waals surface area contributed by atoms with E-state index in [2.05, 4.69) is 9.68 Å². The van der Waals surface area contributed by atoms with Crippen molar-refractivity contribution >= 4 is 11.9 Å². The minimum atomic E-state index is -1.26. The molecule has 2 rings (SSSR count). The van der Waals surface area contributed by atoms with Crippen molar-refractivity contribution in [1.82, 2.24) is 10.1 Å². The molecule has 1 fully saturated rings. The third-order valence-corrected chi connectivity index (χ3v) is 3.06. The number of amides is 1. The van der Waals surface area contributed by atoms with Gasteiger partial charge in [-0.1, -0.05) is 5.16 Å². The lowest BCUT2D eigenvalue weighted by atomic mass is 9.91. The Morgan fingerprint density at radius 2 is 2.22 bits per heavy atom. The van der Waals surface area contributed by atoms with E-state index in [0.29, 0.717) is 0 Å². The molecule has 1 aliphatic rings. The molecule has 1 saturated carbocycles. The molecule has 1 aromatic rings. The third-order valence-electron chi connectivity index (χ3n) is 3.06. The number of hydrogen-bond donors (Lipinski definition) is 2. The van der Waals surface area contributed by atoms with E-state index in [-0.39, 0.29) is 30.6 Å². The van der Waals surface area contributed by atoms with Gasteiger partial charge >= 0.3 is 5.97 Å². The molecule has 0 saturated heterocycles. The Balaban J connectivity index is 2.13. The molecule has 7 nitrogen and oxygen atoms in total. The minimum absolute atomic E-state index is 0.0345. The highest BCUT2D eigenvalue weighted by Crippen LogP contribution is 2.25. The van der Waals surface area contributed by atoms with Crippen LogP contribution in [0.4, 0.5) is 0 Å². The molecule has 1 aromatic heterocycles. The zero-order chi connectivity index (χ0) is 13.1. The summed E-state index contributed by atoms with van der Waals surface area (Å²) in [6, 6.07) is 1.21. The van der Waals surface area contributed by atoms with Crippen molar-refractivity contribution in [2.45, 2.75) is 25.3 Å². The lowest BCUT2D eigenvalue weighted by molar-refractivity contribution is 0.0513. The molecule has 0 aliphatic heterocycles. The topological polar surface area (TPSA) is 104 Å². The van der Waals surface area contributed by atoms with Crippen LogP contribution in [0.3, 0.4) is 0 Å². The molecule has 0 bridgehead atoms. The van der Waals surface area contributed by atoms with Gasteiger partial charge < -0.3 is 19.6 Å². The smallest absolute Gasteiger partial charge is 0.374 e. The molecule has 0 atom stereocenters. The van der Waals surface area contributed by atoms with E-state index in [1.165, 1.54) is 4.90 Å². The average Bonchev–Trinajstić information content (AvgIpc) is 2.74. The van der Waals surface area contributed by atoms with Crippen LogP contribution < -0.4 is 0 Å². The Hall–Kier alpha value is -1.89. The molecule has 0 spiro atoms. The van der Waals surface area contributed by atoms with Crippen LogP contribution in [-0.2, 0) is 0 Å². The molecular weight excluding hydrogens is 240 g/mol. The highest BCUT2D eigenvalue weighted by molar-refractivity contribution is 5.95. The van der Waals surface area contributed by atoms with Crippen molar-refractivity contribution in [3.05, 3.63) is 17.5 Å². The van der Waals surface area contributed by atoms with Crippen LogP contribution >= 0.6 is 0 Å². The zero-order valence-electron chi connectivity index (χ0n) is 9.70. The average molecular weight is 254 g/mol. The van der Waals surface area contributed by atoms with Gasteiger partial charge in [-0.15, -0.1) is 0 Å². The molecule has 0 unspecified atom stereocenters. The van der Waals surface area contributed by atoms with Crippen molar-refractivity contribution < 1.29 is 24.3 Å². The van der Waals surface area contributed by atoms with Gasteiger partial charge in [-0.2, -0.15) is 0 Å². The van der Waals surface area contributed by atoms with Crippen molar-refractivity contribution in [2.24, 2.45) is 0 Å². The number of aromatic carboxylic acids is 1. The summed E-state index contributed by atoms with van der Waals surface area (Å²) in [7, 11) is 0. The van der Waals surface area contributed by atoms with Crippen LogP contribution in [-0.4, -0.2) is 51.3 Å². The largest absolute Gasteiger partial charge is 0.475 e. The third kappa shape index (κ3) is 2.35. The summed E-state index contributed by atoms with van der Waals surface area (Å²) in [5.74, 6) is -2.03. The Bertz CT molecular complexity index is 452. The Labute approximate surface area is 103 Å². The normalized spacial score (nSPS) is 15.2. The first kappa shape index (κ1) is 12.6. The predicted molar refractivity (Wildman–Crippen MR) is 59.2 cm³/mol. The van der Waals surface area contributed by atoms with E-state index in [1.807, 2.05) is 0 Å². The Morgan fingerprint density at radius 3 is 2.67 bits per heavy atom. The number of hydrogen-bond acceptors (Lipinski definition) is 5. The number of aliphatic hydroxyl groups is 1. The van der Waals surface area contributed by atoms with Gasteiger partial charge in [-0.3, -0.25) is 4.79 Å². The predicted octanol–water partition coefficient (Wildman–Crippen LogP) is 0.360. The monoisotopic (exact) mass is 254 g/mol. The summed E-state index contributed by atoms with van der Waals surface area (Å²) >= 11 is 0. The molecular formula is C11H14N2O5. The summed E-state index contributed by atoms with van der Waals surface area (Å²) in [6.07, 6.45) is 2.85. The van der Waals surface area contributed by atoms with Crippen molar-refractivity contribution in [3.8, 4) is 0 Å². The lowest BCUT2D eigenvalue weighted by Gasteiger charge is -2.36. The van der Waals surface area contributed by atoms with Gasteiger partial charge in [-0.25, -0.2) is 4.79 Å². The summed E-state index contributed by atoms with van der Waals surface area (Å²) in [5, 5.41) is 21.1. The molecule has 7 heteroatoms. The zero-order valence-corrected chi connectivity index (χ0v) is 9.70. The number of aromatic nitrogens is 1. The van der Waals surface area contributed by atoms with Crippen molar-refractivity contribution in [1.29, 1.82) is 0 Å². The van der Waals surface area contributed by atoms with Gasteiger partial charge in [-0.05, 0) is 19.3 Å². The fourth-order valence-electron chi connectivity index (χ4n) is 1.88. The minimum Gasteiger partial charge on any atom is -0.475 e. The van der Waals surface area contributed by atoms with E-state index in [4.69, 9.17) is 10.2 Å². The number of carbonyl (C=O) groups excluding carboxylic acids is 1. The van der Waals surface area contributed by atoms with Crippen molar-refractivity contribution in [3.63, 3.8) is 0 Å². The highest BCUT2D eigenvalue weighted by atomic mass is 16.5. The van der Waals surface area contributed by atoms with E-state index in [9.17, 15) is 9.59 Å². The lowest BCUT2D eigenvalue weighted by Crippen LogP contribution is -2.45. The summed E-state index contributed by atoms with van der Waals surface area (Å²) in [5.41, 5.74) is -0.0345. The van der Waals surface area contributed by atoms with Crippen molar-refractivity contribution in [2.75, 3.05) is 13.2 Å². The molecule has 0 aromatic carbocycles. The van der Waals surface area contributed by atoms with Gasteiger partial charge in [0.1, 0.15) is 0 Å². The van der Waals surface area contributed by atoms with E-state index in [1.54, 1.807) is 0 Å². The second-order valence-corrected chi connectivity index (χ2v) is 4.19. The maximum absolute atomic E-state index is 12.1. The summed E-state index contributed by atoms with van der Waals surface area (Å²) in [6.45, 7) is 0.0879. The highest BCUT2D eigenvalue weighted by Gasteiger charge is 2.31. The van der Waals surface area contributed by atoms with Crippen LogP contribution in [0.2, 0.25) is 0 Å². The molecule has 98 valence electrons. The second-order valence-electron chi connectivity index (χ2n) is 4.19. The van der Waals surface area contributed by atoms with E-state index >= 15 is 0 Å². The van der Waals surface area contributed by atoms with Crippen LogP contribution in [0, 0.1) is 0 Å². The SMILES string of the molecule is O=C(O)c1cc(C(=O)N(CCO)C2CCC2)no1. The van der Waals surface area contributed by atoms with Gasteiger partial charge in [0.25, 0.3) is 5.91 Å².